The van der Waals surface area contributed by atoms with Crippen LogP contribution in [-0.4, -0.2) is 45.5 Å². The van der Waals surface area contributed by atoms with E-state index in [1.54, 1.807) is 0 Å². The predicted octanol–water partition coefficient (Wildman–Crippen LogP) is 5.38. The molecule has 6 nitrogen and oxygen atoms in total. The Morgan fingerprint density at radius 3 is 2.50 bits per heavy atom. The number of imidazole rings is 1. The SMILES string of the molecule is Cc1ccccc1C(CC(=O)N1CC(C)OC(C)C1)c1cnc2c(OCc3ccccc3)cccn12. The van der Waals surface area contributed by atoms with E-state index in [2.05, 4.69) is 23.5 Å². The number of aromatic nitrogens is 2. The maximum absolute atomic E-state index is 13.6. The molecule has 0 spiro atoms. The first-order chi connectivity index (χ1) is 17.5. The number of pyridine rings is 1. The molecule has 36 heavy (non-hydrogen) atoms. The lowest BCUT2D eigenvalue weighted by molar-refractivity contribution is -0.143. The van der Waals surface area contributed by atoms with Crippen LogP contribution in [0.3, 0.4) is 0 Å². The third-order valence-electron chi connectivity index (χ3n) is 6.84. The lowest BCUT2D eigenvalue weighted by Gasteiger charge is -2.36. The molecule has 0 radical (unpaired) electrons. The van der Waals surface area contributed by atoms with E-state index in [1.807, 2.05) is 85.7 Å². The average Bonchev–Trinajstić information content (AvgIpc) is 3.31. The van der Waals surface area contributed by atoms with E-state index in [0.29, 0.717) is 26.1 Å². The summed E-state index contributed by atoms with van der Waals surface area (Å²) in [7, 11) is 0. The molecule has 3 atom stereocenters. The highest BCUT2D eigenvalue weighted by atomic mass is 16.5. The largest absolute Gasteiger partial charge is 0.485 e. The van der Waals surface area contributed by atoms with Crippen molar-refractivity contribution in [2.75, 3.05) is 13.1 Å². The van der Waals surface area contributed by atoms with E-state index in [1.165, 1.54) is 0 Å². The van der Waals surface area contributed by atoms with Gasteiger partial charge in [-0.15, -0.1) is 0 Å². The molecule has 0 saturated carbocycles. The highest BCUT2D eigenvalue weighted by Crippen LogP contribution is 2.33. The summed E-state index contributed by atoms with van der Waals surface area (Å²) in [6.45, 7) is 7.86. The zero-order chi connectivity index (χ0) is 25.1. The molecule has 1 aliphatic rings. The number of aryl methyl sites for hydroxylation is 1. The Kier molecular flexibility index (Phi) is 7.05. The molecular formula is C30H33N3O3. The topological polar surface area (TPSA) is 56.1 Å². The molecule has 5 rings (SSSR count). The van der Waals surface area contributed by atoms with Gasteiger partial charge in [0.1, 0.15) is 6.61 Å². The first-order valence-electron chi connectivity index (χ1n) is 12.6. The van der Waals surface area contributed by atoms with Crippen molar-refractivity contribution in [3.63, 3.8) is 0 Å². The Balaban J connectivity index is 1.47. The van der Waals surface area contributed by atoms with Crippen LogP contribution in [0.15, 0.2) is 79.1 Å². The molecular weight excluding hydrogens is 450 g/mol. The lowest BCUT2D eigenvalue weighted by Crippen LogP contribution is -2.48. The van der Waals surface area contributed by atoms with Crippen molar-refractivity contribution in [1.29, 1.82) is 0 Å². The van der Waals surface area contributed by atoms with Gasteiger partial charge in [-0.3, -0.25) is 4.79 Å². The minimum atomic E-state index is -0.133. The Morgan fingerprint density at radius 1 is 1.03 bits per heavy atom. The molecule has 186 valence electrons. The number of carbonyl (C=O) groups excluding carboxylic acids is 1. The van der Waals surface area contributed by atoms with Crippen LogP contribution in [0.25, 0.3) is 5.65 Å². The van der Waals surface area contributed by atoms with E-state index in [4.69, 9.17) is 14.5 Å². The average molecular weight is 484 g/mol. The highest BCUT2D eigenvalue weighted by molar-refractivity contribution is 5.78. The maximum Gasteiger partial charge on any atom is 0.223 e. The van der Waals surface area contributed by atoms with Crippen LogP contribution in [-0.2, 0) is 16.1 Å². The summed E-state index contributed by atoms with van der Waals surface area (Å²) >= 11 is 0. The third-order valence-corrected chi connectivity index (χ3v) is 6.84. The summed E-state index contributed by atoms with van der Waals surface area (Å²) in [6.07, 6.45) is 4.33. The van der Waals surface area contributed by atoms with Crippen molar-refractivity contribution in [3.8, 4) is 5.75 Å². The lowest BCUT2D eigenvalue weighted by atomic mass is 9.89. The number of morpholine rings is 1. The number of ether oxygens (including phenoxy) is 2. The molecule has 0 N–H and O–H groups in total. The highest BCUT2D eigenvalue weighted by Gasteiger charge is 2.30. The Labute approximate surface area is 212 Å². The summed E-state index contributed by atoms with van der Waals surface area (Å²) in [6, 6.07) is 22.3. The molecule has 0 aliphatic carbocycles. The van der Waals surface area contributed by atoms with E-state index in [9.17, 15) is 4.79 Å². The fourth-order valence-corrected chi connectivity index (χ4v) is 5.15. The zero-order valence-electron chi connectivity index (χ0n) is 21.1. The molecule has 1 fully saturated rings. The molecule has 1 aliphatic heterocycles. The van der Waals surface area contributed by atoms with Crippen LogP contribution in [0.4, 0.5) is 0 Å². The van der Waals surface area contributed by atoms with Gasteiger partial charge in [0.15, 0.2) is 11.4 Å². The summed E-state index contributed by atoms with van der Waals surface area (Å²) in [5, 5.41) is 0. The Bertz CT molecular complexity index is 1320. The number of nitrogens with zero attached hydrogens (tertiary/aromatic N) is 3. The number of hydrogen-bond acceptors (Lipinski definition) is 4. The summed E-state index contributed by atoms with van der Waals surface area (Å²) in [5.74, 6) is 0.724. The van der Waals surface area contributed by atoms with Gasteiger partial charge in [0.05, 0.1) is 17.9 Å². The van der Waals surface area contributed by atoms with Crippen molar-refractivity contribution in [1.82, 2.24) is 14.3 Å². The summed E-state index contributed by atoms with van der Waals surface area (Å²) < 4.78 is 14.1. The molecule has 4 aromatic rings. The molecule has 6 heteroatoms. The third kappa shape index (κ3) is 5.14. The smallest absolute Gasteiger partial charge is 0.223 e. The van der Waals surface area contributed by atoms with Crippen molar-refractivity contribution in [2.45, 2.75) is 51.9 Å². The van der Waals surface area contributed by atoms with Crippen molar-refractivity contribution >= 4 is 11.6 Å². The normalized spacial score (nSPS) is 18.8. The van der Waals surface area contributed by atoms with Gasteiger partial charge in [-0.1, -0.05) is 54.6 Å². The summed E-state index contributed by atoms with van der Waals surface area (Å²) in [5.41, 5.74) is 5.13. The first kappa shape index (κ1) is 24.1. The molecule has 3 unspecified atom stereocenters. The fraction of sp³-hybridized carbons (Fsp3) is 0.333. The molecule has 2 aromatic carbocycles. The number of carbonyl (C=O) groups is 1. The van der Waals surface area contributed by atoms with Crippen LogP contribution in [0.1, 0.15) is 48.6 Å². The Morgan fingerprint density at radius 2 is 1.75 bits per heavy atom. The van der Waals surface area contributed by atoms with E-state index < -0.39 is 0 Å². The quantitative estimate of drug-likeness (QED) is 0.354. The summed E-state index contributed by atoms with van der Waals surface area (Å²) in [4.78, 5) is 20.2. The van der Waals surface area contributed by atoms with Gasteiger partial charge in [0.25, 0.3) is 0 Å². The van der Waals surface area contributed by atoms with Crippen LogP contribution in [0.2, 0.25) is 0 Å². The molecule has 1 saturated heterocycles. The molecule has 3 heterocycles. The van der Waals surface area contributed by atoms with Crippen molar-refractivity contribution < 1.29 is 14.3 Å². The van der Waals surface area contributed by atoms with Crippen LogP contribution in [0.5, 0.6) is 5.75 Å². The minimum Gasteiger partial charge on any atom is -0.485 e. The van der Waals surface area contributed by atoms with E-state index in [0.717, 1.165) is 33.8 Å². The van der Waals surface area contributed by atoms with E-state index in [-0.39, 0.29) is 24.0 Å². The second kappa shape index (κ2) is 10.5. The van der Waals surface area contributed by atoms with Gasteiger partial charge in [-0.05, 0) is 49.6 Å². The predicted molar refractivity (Wildman–Crippen MR) is 140 cm³/mol. The second-order valence-corrected chi connectivity index (χ2v) is 9.69. The molecule has 1 amide bonds. The van der Waals surface area contributed by atoms with Crippen molar-refractivity contribution in [2.24, 2.45) is 0 Å². The standard InChI is InChI=1S/C30H33N3O3/c1-21-10-7-8-13-25(21)26(16-29(34)32-18-22(2)36-23(3)19-32)27-17-31-30-28(14-9-15-33(27)30)35-20-24-11-5-4-6-12-24/h4-15,17,22-23,26H,16,18-20H2,1-3H3. The van der Waals surface area contributed by atoms with Gasteiger partial charge in [-0.2, -0.15) is 0 Å². The monoisotopic (exact) mass is 483 g/mol. The number of benzene rings is 2. The van der Waals surface area contributed by atoms with Gasteiger partial charge in [0.2, 0.25) is 5.91 Å². The number of rotatable bonds is 7. The van der Waals surface area contributed by atoms with Gasteiger partial charge < -0.3 is 18.8 Å². The van der Waals surface area contributed by atoms with Crippen LogP contribution < -0.4 is 4.74 Å². The van der Waals surface area contributed by atoms with Crippen molar-refractivity contribution in [3.05, 3.63) is 102 Å². The maximum atomic E-state index is 13.6. The molecule has 2 aromatic heterocycles. The fourth-order valence-electron chi connectivity index (χ4n) is 5.15. The van der Waals surface area contributed by atoms with Gasteiger partial charge >= 0.3 is 0 Å². The van der Waals surface area contributed by atoms with Crippen LogP contribution in [0, 0.1) is 6.92 Å². The van der Waals surface area contributed by atoms with Crippen LogP contribution >= 0.6 is 0 Å². The zero-order valence-corrected chi connectivity index (χ0v) is 21.1. The number of amides is 1. The van der Waals surface area contributed by atoms with E-state index >= 15 is 0 Å². The van der Waals surface area contributed by atoms with Gasteiger partial charge in [0, 0.05) is 37.8 Å². The number of fused-ring (bicyclic) bond motifs is 1. The minimum absolute atomic E-state index is 0.0368. The Hall–Kier alpha value is -3.64. The first-order valence-corrected chi connectivity index (χ1v) is 12.6. The van der Waals surface area contributed by atoms with Gasteiger partial charge in [-0.25, -0.2) is 4.98 Å². The molecule has 0 bridgehead atoms. The second-order valence-electron chi connectivity index (χ2n) is 9.69. The number of hydrogen-bond donors (Lipinski definition) is 0.